The number of nitrogens with one attached hydrogen (secondary N) is 3. The summed E-state index contributed by atoms with van der Waals surface area (Å²) in [6.07, 6.45) is 3.08. The number of anilines is 3. The lowest BCUT2D eigenvalue weighted by molar-refractivity contribution is -0.127. The minimum absolute atomic E-state index is 0.00359. The number of benzene rings is 2. The molecular weight excluding hydrogens is 432 g/mol. The molecule has 0 saturated carbocycles. The summed E-state index contributed by atoms with van der Waals surface area (Å²) in [4.78, 5) is 42.6. The molecule has 10 nitrogen and oxygen atoms in total. The van der Waals surface area contributed by atoms with Crippen LogP contribution in [-0.4, -0.2) is 42.8 Å². The number of urea groups is 1. The first-order chi connectivity index (χ1) is 16.5. The third-order valence-electron chi connectivity index (χ3n) is 5.85. The highest BCUT2D eigenvalue weighted by Crippen LogP contribution is 2.23. The van der Waals surface area contributed by atoms with E-state index in [1.54, 1.807) is 0 Å². The van der Waals surface area contributed by atoms with Crippen LogP contribution in [0.25, 0.3) is 10.9 Å². The second-order valence-electron chi connectivity index (χ2n) is 8.06. The molecule has 1 aliphatic rings. The molecule has 5 N–H and O–H groups in total. The van der Waals surface area contributed by atoms with Crippen molar-refractivity contribution < 1.29 is 9.59 Å². The van der Waals surface area contributed by atoms with Crippen LogP contribution >= 0.6 is 0 Å². The number of H-pyrrole nitrogens is 1. The van der Waals surface area contributed by atoms with Crippen LogP contribution in [0.2, 0.25) is 0 Å². The molecule has 34 heavy (non-hydrogen) atoms. The number of imide groups is 1. The summed E-state index contributed by atoms with van der Waals surface area (Å²) in [5.41, 5.74) is 9.78. The van der Waals surface area contributed by atoms with E-state index in [0.717, 1.165) is 39.0 Å². The fourth-order valence-corrected chi connectivity index (χ4v) is 4.16. The van der Waals surface area contributed by atoms with Crippen molar-refractivity contribution in [3.05, 3.63) is 71.7 Å². The highest BCUT2D eigenvalue weighted by Gasteiger charge is 2.38. The maximum Gasteiger partial charge on any atom is 0.325 e. The van der Waals surface area contributed by atoms with Crippen molar-refractivity contribution in [2.75, 3.05) is 11.1 Å². The lowest BCUT2D eigenvalue weighted by Crippen LogP contribution is -2.32. The molecule has 1 unspecified atom stereocenters. The van der Waals surface area contributed by atoms with Gasteiger partial charge in [-0.25, -0.2) is 4.79 Å². The Morgan fingerprint density at radius 3 is 2.68 bits per heavy atom. The van der Waals surface area contributed by atoms with Crippen molar-refractivity contribution in [3.63, 3.8) is 0 Å². The molecule has 0 spiro atoms. The fourth-order valence-electron chi connectivity index (χ4n) is 4.16. The molecule has 172 valence electrons. The summed E-state index contributed by atoms with van der Waals surface area (Å²) >= 11 is 0. The van der Waals surface area contributed by atoms with E-state index >= 15 is 0 Å². The standard InChI is InChI=1S/C24H24N8O2/c1-2-14-7-3-5-9-17(14)27-23-30-20(29-22(25)31-23)13-32-21(33)19(28-24(32)34)11-15-12-26-18-10-6-4-8-16(15)18/h3-10,12,19,26H,2,11,13H2,1H3,(H,28,34)(H3,25,27,29,30,31). The third kappa shape index (κ3) is 4.13. The highest BCUT2D eigenvalue weighted by atomic mass is 16.2. The van der Waals surface area contributed by atoms with Crippen LogP contribution in [0.1, 0.15) is 23.9 Å². The van der Waals surface area contributed by atoms with E-state index in [9.17, 15) is 9.59 Å². The molecule has 1 fully saturated rings. The van der Waals surface area contributed by atoms with Gasteiger partial charge in [-0.1, -0.05) is 43.3 Å². The van der Waals surface area contributed by atoms with Gasteiger partial charge in [-0.2, -0.15) is 15.0 Å². The highest BCUT2D eigenvalue weighted by molar-refractivity contribution is 6.04. The van der Waals surface area contributed by atoms with Crippen LogP contribution in [0.3, 0.4) is 0 Å². The van der Waals surface area contributed by atoms with Gasteiger partial charge >= 0.3 is 6.03 Å². The lowest BCUT2D eigenvalue weighted by atomic mass is 10.1. The Hall–Kier alpha value is -4.47. The average Bonchev–Trinajstić information content (AvgIpc) is 3.35. The topological polar surface area (TPSA) is 142 Å². The van der Waals surface area contributed by atoms with Crippen LogP contribution in [0.5, 0.6) is 0 Å². The largest absolute Gasteiger partial charge is 0.368 e. The van der Waals surface area contributed by atoms with Gasteiger partial charge in [-0.05, 0) is 29.7 Å². The van der Waals surface area contributed by atoms with Gasteiger partial charge in [-0.3, -0.25) is 9.69 Å². The average molecular weight is 457 g/mol. The summed E-state index contributed by atoms with van der Waals surface area (Å²) < 4.78 is 0. The second-order valence-corrected chi connectivity index (χ2v) is 8.06. The van der Waals surface area contributed by atoms with E-state index < -0.39 is 12.1 Å². The Balaban J connectivity index is 1.33. The van der Waals surface area contributed by atoms with Gasteiger partial charge in [0, 0.05) is 29.2 Å². The van der Waals surface area contributed by atoms with E-state index in [-0.39, 0.29) is 30.2 Å². The number of hydrogen-bond acceptors (Lipinski definition) is 7. The Bertz CT molecular complexity index is 1380. The van der Waals surface area contributed by atoms with Gasteiger partial charge in [0.25, 0.3) is 5.91 Å². The monoisotopic (exact) mass is 456 g/mol. The molecule has 1 saturated heterocycles. The van der Waals surface area contributed by atoms with E-state index in [0.29, 0.717) is 6.42 Å². The van der Waals surface area contributed by atoms with Crippen molar-refractivity contribution >= 4 is 40.4 Å². The number of hydrogen-bond donors (Lipinski definition) is 4. The number of nitrogens with zero attached hydrogens (tertiary/aromatic N) is 4. The fraction of sp³-hybridized carbons (Fsp3) is 0.208. The zero-order valence-electron chi connectivity index (χ0n) is 18.6. The number of fused-ring (bicyclic) bond motifs is 1. The van der Waals surface area contributed by atoms with Crippen molar-refractivity contribution in [3.8, 4) is 0 Å². The smallest absolute Gasteiger partial charge is 0.325 e. The van der Waals surface area contributed by atoms with Gasteiger partial charge < -0.3 is 21.4 Å². The van der Waals surface area contributed by atoms with E-state index in [1.807, 2.05) is 54.7 Å². The van der Waals surface area contributed by atoms with Gasteiger partial charge in [0.1, 0.15) is 6.04 Å². The van der Waals surface area contributed by atoms with Gasteiger partial charge in [0.2, 0.25) is 11.9 Å². The van der Waals surface area contributed by atoms with Gasteiger partial charge in [0.15, 0.2) is 5.82 Å². The Kier molecular flexibility index (Phi) is 5.54. The molecule has 0 radical (unpaired) electrons. The number of aromatic nitrogens is 4. The van der Waals surface area contributed by atoms with Crippen molar-refractivity contribution in [2.45, 2.75) is 32.4 Å². The maximum absolute atomic E-state index is 13.0. The van der Waals surface area contributed by atoms with E-state index in [2.05, 4.69) is 37.5 Å². The lowest BCUT2D eigenvalue weighted by Gasteiger charge is -2.14. The quantitative estimate of drug-likeness (QED) is 0.313. The van der Waals surface area contributed by atoms with E-state index in [4.69, 9.17) is 5.73 Å². The normalized spacial score (nSPS) is 15.7. The molecule has 2 aromatic heterocycles. The second kappa shape index (κ2) is 8.81. The molecule has 1 atom stereocenters. The van der Waals surface area contributed by atoms with Crippen LogP contribution in [0, 0.1) is 0 Å². The van der Waals surface area contributed by atoms with Gasteiger partial charge in [0.05, 0.1) is 6.54 Å². The number of carbonyl (C=O) groups is 2. The van der Waals surface area contributed by atoms with Crippen LogP contribution in [-0.2, 0) is 24.2 Å². The number of aromatic amines is 1. The van der Waals surface area contributed by atoms with Crippen molar-refractivity contribution in [2.24, 2.45) is 0 Å². The summed E-state index contributed by atoms with van der Waals surface area (Å²) in [5, 5.41) is 6.95. The molecule has 10 heteroatoms. The van der Waals surface area contributed by atoms with Crippen molar-refractivity contribution in [1.82, 2.24) is 30.2 Å². The zero-order chi connectivity index (χ0) is 23.7. The Morgan fingerprint density at radius 2 is 1.82 bits per heavy atom. The van der Waals surface area contributed by atoms with Gasteiger partial charge in [-0.15, -0.1) is 0 Å². The van der Waals surface area contributed by atoms with E-state index in [1.165, 1.54) is 0 Å². The molecular formula is C24H24N8O2. The van der Waals surface area contributed by atoms with Crippen LogP contribution in [0.15, 0.2) is 54.7 Å². The molecule has 1 aliphatic heterocycles. The molecule has 4 aromatic rings. The molecule has 2 aromatic carbocycles. The maximum atomic E-state index is 13.0. The third-order valence-corrected chi connectivity index (χ3v) is 5.85. The van der Waals surface area contributed by atoms with Crippen LogP contribution < -0.4 is 16.4 Å². The number of rotatable bonds is 7. The number of nitrogen functional groups attached to an aromatic ring is 1. The van der Waals surface area contributed by atoms with Crippen LogP contribution in [0.4, 0.5) is 22.4 Å². The minimum Gasteiger partial charge on any atom is -0.368 e. The molecule has 5 rings (SSSR count). The number of aryl methyl sites for hydroxylation is 1. The predicted octanol–water partition coefficient (Wildman–Crippen LogP) is 2.90. The molecule has 3 heterocycles. The first-order valence-corrected chi connectivity index (χ1v) is 11.0. The SMILES string of the molecule is CCc1ccccc1Nc1nc(N)nc(CN2C(=O)NC(Cc3c[nH]c4ccccc34)C2=O)n1. The summed E-state index contributed by atoms with van der Waals surface area (Å²) in [5.74, 6) is 0.148. The Labute approximate surface area is 195 Å². The number of carbonyl (C=O) groups excluding carboxylic acids is 2. The zero-order valence-corrected chi connectivity index (χ0v) is 18.6. The van der Waals surface area contributed by atoms with Crippen molar-refractivity contribution in [1.29, 1.82) is 0 Å². The summed E-state index contributed by atoms with van der Waals surface area (Å²) in [6.45, 7) is 1.95. The Morgan fingerprint density at radius 1 is 1.03 bits per heavy atom. The predicted molar refractivity (Wildman–Crippen MR) is 128 cm³/mol. The summed E-state index contributed by atoms with van der Waals surface area (Å²) in [7, 11) is 0. The number of para-hydroxylation sites is 2. The number of amides is 3. The first-order valence-electron chi connectivity index (χ1n) is 11.0. The first kappa shape index (κ1) is 21.4. The summed E-state index contributed by atoms with van der Waals surface area (Å²) in [6, 6.07) is 14.5. The molecule has 0 bridgehead atoms. The number of nitrogens with two attached hydrogens (primary N) is 1. The molecule has 3 amide bonds. The minimum atomic E-state index is -0.667. The molecule has 0 aliphatic carbocycles.